The van der Waals surface area contributed by atoms with Gasteiger partial charge in [-0.3, -0.25) is 0 Å². The van der Waals surface area contributed by atoms with Crippen LogP contribution in [0.2, 0.25) is 0 Å². The molecule has 1 aromatic rings. The molecule has 2 rings (SSSR count). The number of ether oxygens (including phenoxy) is 1. The van der Waals surface area contributed by atoms with Crippen molar-refractivity contribution >= 4 is 0 Å². The number of nitrogens with zero attached hydrogens (tertiary/aromatic N) is 1. The molecule has 78 valence electrons. The Bertz CT molecular complexity index is 424. The SMILES string of the molecule is CCOC1(C#N)CCc2cc(F)ccc21. The first kappa shape index (κ1) is 10.1. The van der Waals surface area contributed by atoms with E-state index in [1.165, 1.54) is 12.1 Å². The average molecular weight is 205 g/mol. The monoisotopic (exact) mass is 205 g/mol. The lowest BCUT2D eigenvalue weighted by Gasteiger charge is -2.21. The van der Waals surface area contributed by atoms with Gasteiger partial charge in [-0.2, -0.15) is 5.26 Å². The van der Waals surface area contributed by atoms with E-state index >= 15 is 0 Å². The Morgan fingerprint density at radius 1 is 1.60 bits per heavy atom. The summed E-state index contributed by atoms with van der Waals surface area (Å²) < 4.78 is 18.5. The van der Waals surface area contributed by atoms with Crippen molar-refractivity contribution in [1.29, 1.82) is 5.26 Å². The highest BCUT2D eigenvalue weighted by molar-refractivity contribution is 5.42. The maximum absolute atomic E-state index is 13.0. The second kappa shape index (κ2) is 3.63. The smallest absolute Gasteiger partial charge is 0.180 e. The number of rotatable bonds is 2. The van der Waals surface area contributed by atoms with Crippen LogP contribution in [0.25, 0.3) is 0 Å². The van der Waals surface area contributed by atoms with Crippen LogP contribution in [0.15, 0.2) is 18.2 Å². The van der Waals surface area contributed by atoms with Crippen molar-refractivity contribution < 1.29 is 9.13 Å². The second-order valence-corrected chi connectivity index (χ2v) is 3.67. The van der Waals surface area contributed by atoms with Gasteiger partial charge in [0.15, 0.2) is 5.60 Å². The molecule has 1 aromatic carbocycles. The van der Waals surface area contributed by atoms with Crippen LogP contribution in [-0.4, -0.2) is 6.61 Å². The third kappa shape index (κ3) is 1.51. The molecule has 2 nitrogen and oxygen atoms in total. The molecule has 0 aliphatic heterocycles. The molecule has 0 radical (unpaired) electrons. The highest BCUT2D eigenvalue weighted by Gasteiger charge is 2.39. The van der Waals surface area contributed by atoms with Gasteiger partial charge in [0, 0.05) is 12.2 Å². The number of hydrogen-bond acceptors (Lipinski definition) is 2. The first-order valence-electron chi connectivity index (χ1n) is 5.06. The highest BCUT2D eigenvalue weighted by atomic mass is 19.1. The molecule has 1 atom stereocenters. The Labute approximate surface area is 88.3 Å². The van der Waals surface area contributed by atoms with Gasteiger partial charge in [-0.05, 0) is 37.5 Å². The summed E-state index contributed by atoms with van der Waals surface area (Å²) in [6.07, 6.45) is 1.33. The van der Waals surface area contributed by atoms with Gasteiger partial charge in [0.25, 0.3) is 0 Å². The number of hydrogen-bond donors (Lipinski definition) is 0. The fourth-order valence-corrected chi connectivity index (χ4v) is 2.15. The molecule has 3 heteroatoms. The minimum absolute atomic E-state index is 0.251. The zero-order valence-corrected chi connectivity index (χ0v) is 8.59. The fraction of sp³-hybridized carbons (Fsp3) is 0.417. The summed E-state index contributed by atoms with van der Waals surface area (Å²) in [6, 6.07) is 6.75. The first-order valence-corrected chi connectivity index (χ1v) is 5.06. The van der Waals surface area contributed by atoms with E-state index < -0.39 is 5.60 Å². The molecule has 0 saturated carbocycles. The van der Waals surface area contributed by atoms with Gasteiger partial charge in [0.05, 0.1) is 0 Å². The lowest BCUT2D eigenvalue weighted by atomic mass is 9.97. The Morgan fingerprint density at radius 3 is 3.07 bits per heavy atom. The van der Waals surface area contributed by atoms with E-state index in [-0.39, 0.29) is 5.82 Å². The summed E-state index contributed by atoms with van der Waals surface area (Å²) in [7, 11) is 0. The van der Waals surface area contributed by atoms with E-state index in [4.69, 9.17) is 4.74 Å². The normalized spacial score (nSPS) is 23.5. The standard InChI is InChI=1S/C12H12FNO/c1-2-15-12(8-14)6-5-9-7-10(13)3-4-11(9)12/h3-4,7H,2,5-6H2,1H3. The van der Waals surface area contributed by atoms with Gasteiger partial charge in [-0.15, -0.1) is 0 Å². The predicted octanol–water partition coefficient (Wildman–Crippen LogP) is 2.53. The van der Waals surface area contributed by atoms with Crippen LogP contribution in [0.4, 0.5) is 4.39 Å². The van der Waals surface area contributed by atoms with Crippen LogP contribution < -0.4 is 0 Å². The second-order valence-electron chi connectivity index (χ2n) is 3.67. The maximum Gasteiger partial charge on any atom is 0.180 e. The van der Waals surface area contributed by atoms with Gasteiger partial charge in [-0.1, -0.05) is 6.07 Å². The summed E-state index contributed by atoms with van der Waals surface area (Å²) in [4.78, 5) is 0. The van der Waals surface area contributed by atoms with Crippen molar-refractivity contribution in [1.82, 2.24) is 0 Å². The Morgan fingerprint density at radius 2 is 2.40 bits per heavy atom. The first-order chi connectivity index (χ1) is 7.22. The maximum atomic E-state index is 13.0. The van der Waals surface area contributed by atoms with Gasteiger partial charge >= 0.3 is 0 Å². The van der Waals surface area contributed by atoms with E-state index in [0.717, 1.165) is 11.1 Å². The van der Waals surface area contributed by atoms with Crippen molar-refractivity contribution in [3.8, 4) is 6.07 Å². The predicted molar refractivity (Wildman–Crippen MR) is 53.6 cm³/mol. The quantitative estimate of drug-likeness (QED) is 0.743. The lowest BCUT2D eigenvalue weighted by Crippen LogP contribution is -2.24. The molecular formula is C12H12FNO. The molecule has 0 saturated heterocycles. The van der Waals surface area contributed by atoms with E-state index in [2.05, 4.69) is 6.07 Å². The zero-order chi connectivity index (χ0) is 10.9. The topological polar surface area (TPSA) is 33.0 Å². The Balaban J connectivity index is 2.47. The molecular weight excluding hydrogens is 193 g/mol. The van der Waals surface area contributed by atoms with Gasteiger partial charge in [0.1, 0.15) is 11.9 Å². The van der Waals surface area contributed by atoms with Crippen molar-refractivity contribution in [3.05, 3.63) is 35.1 Å². The van der Waals surface area contributed by atoms with Gasteiger partial charge in [-0.25, -0.2) is 4.39 Å². The van der Waals surface area contributed by atoms with E-state index in [9.17, 15) is 9.65 Å². The summed E-state index contributed by atoms with van der Waals surface area (Å²) in [5.41, 5.74) is 0.871. The average Bonchev–Trinajstić information content (AvgIpc) is 2.58. The molecule has 15 heavy (non-hydrogen) atoms. The minimum Gasteiger partial charge on any atom is -0.356 e. The van der Waals surface area contributed by atoms with Gasteiger partial charge in [0.2, 0.25) is 0 Å². The number of benzene rings is 1. The number of fused-ring (bicyclic) bond motifs is 1. The molecule has 0 amide bonds. The zero-order valence-electron chi connectivity index (χ0n) is 8.59. The van der Waals surface area contributed by atoms with E-state index in [1.807, 2.05) is 6.92 Å². The number of nitriles is 1. The Kier molecular flexibility index (Phi) is 2.45. The van der Waals surface area contributed by atoms with Crippen LogP contribution in [0.5, 0.6) is 0 Å². The molecule has 0 spiro atoms. The minimum atomic E-state index is -0.849. The number of halogens is 1. The molecule has 0 heterocycles. The van der Waals surface area contributed by atoms with Crippen molar-refractivity contribution in [3.63, 3.8) is 0 Å². The van der Waals surface area contributed by atoms with E-state index in [1.54, 1.807) is 6.07 Å². The van der Waals surface area contributed by atoms with Crippen molar-refractivity contribution in [2.75, 3.05) is 6.61 Å². The van der Waals surface area contributed by atoms with E-state index in [0.29, 0.717) is 19.4 Å². The highest BCUT2D eigenvalue weighted by Crippen LogP contribution is 2.39. The molecule has 0 bridgehead atoms. The van der Waals surface area contributed by atoms with Crippen molar-refractivity contribution in [2.45, 2.75) is 25.4 Å². The third-order valence-corrected chi connectivity index (χ3v) is 2.82. The third-order valence-electron chi connectivity index (χ3n) is 2.82. The van der Waals surface area contributed by atoms with Crippen molar-refractivity contribution in [2.24, 2.45) is 0 Å². The summed E-state index contributed by atoms with van der Waals surface area (Å²) in [5.74, 6) is -0.251. The van der Waals surface area contributed by atoms with Gasteiger partial charge < -0.3 is 4.74 Å². The van der Waals surface area contributed by atoms with Crippen LogP contribution in [0.3, 0.4) is 0 Å². The number of aryl methyl sites for hydroxylation is 1. The summed E-state index contributed by atoms with van der Waals surface area (Å²) >= 11 is 0. The fourth-order valence-electron chi connectivity index (χ4n) is 2.15. The lowest BCUT2D eigenvalue weighted by molar-refractivity contribution is 0.00330. The molecule has 0 aromatic heterocycles. The molecule has 1 aliphatic carbocycles. The molecule has 1 unspecified atom stereocenters. The molecule has 1 aliphatic rings. The summed E-state index contributed by atoms with van der Waals surface area (Å²) in [6.45, 7) is 2.35. The largest absolute Gasteiger partial charge is 0.356 e. The summed E-state index contributed by atoms with van der Waals surface area (Å²) in [5, 5.41) is 9.19. The van der Waals surface area contributed by atoms with Crippen LogP contribution >= 0.6 is 0 Å². The Hall–Kier alpha value is -1.40. The molecule has 0 N–H and O–H groups in total. The van der Waals surface area contributed by atoms with Crippen LogP contribution in [-0.2, 0) is 16.8 Å². The molecule has 0 fully saturated rings. The van der Waals surface area contributed by atoms with Crippen LogP contribution in [0.1, 0.15) is 24.5 Å². The van der Waals surface area contributed by atoms with Crippen LogP contribution in [0, 0.1) is 17.1 Å².